The summed E-state index contributed by atoms with van der Waals surface area (Å²) in [6.07, 6.45) is 0.503. The number of nitrogens with two attached hydrogens (primary N) is 1. The molecule has 2 aromatic carbocycles. The fraction of sp³-hybridized carbons (Fsp3) is 0.480. The number of hydrogen-bond acceptors (Lipinski definition) is 5. The van der Waals surface area contributed by atoms with Gasteiger partial charge in [-0.2, -0.15) is 0 Å². The highest BCUT2D eigenvalue weighted by Crippen LogP contribution is 2.20. The number of likely N-dealkylation sites (tertiary alicyclic amines) is 1. The summed E-state index contributed by atoms with van der Waals surface area (Å²) in [6.45, 7) is 8.31. The van der Waals surface area contributed by atoms with Crippen LogP contribution in [-0.2, 0) is 17.8 Å². The Morgan fingerprint density at radius 2 is 1.68 bits per heavy atom. The van der Waals surface area contributed by atoms with E-state index in [1.807, 2.05) is 69.3 Å². The van der Waals surface area contributed by atoms with Gasteiger partial charge in [0, 0.05) is 44.7 Å². The van der Waals surface area contributed by atoms with Crippen LogP contribution in [0.4, 0.5) is 4.79 Å². The molecule has 2 aromatic rings. The van der Waals surface area contributed by atoms with Gasteiger partial charge in [-0.3, -0.25) is 0 Å². The third-order valence-corrected chi connectivity index (χ3v) is 5.13. The number of aliphatic hydroxyl groups excluding tert-OH is 1. The van der Waals surface area contributed by atoms with Crippen molar-refractivity contribution in [2.75, 3.05) is 19.7 Å². The maximum atomic E-state index is 12.2. The second-order valence-electron chi connectivity index (χ2n) is 8.82. The molecule has 3 rings (SSSR count). The molecular weight excluding hydrogens is 390 g/mol. The van der Waals surface area contributed by atoms with Crippen molar-refractivity contribution in [1.82, 2.24) is 10.2 Å². The first-order valence-electron chi connectivity index (χ1n) is 10.9. The summed E-state index contributed by atoms with van der Waals surface area (Å²) in [6, 6.07) is 20.2. The Labute approximate surface area is 186 Å². The predicted molar refractivity (Wildman–Crippen MR) is 124 cm³/mol. The Morgan fingerprint density at radius 1 is 1.10 bits per heavy atom. The second kappa shape index (κ2) is 12.4. The summed E-state index contributed by atoms with van der Waals surface area (Å²) in [5, 5.41) is 13.1. The van der Waals surface area contributed by atoms with E-state index in [4.69, 9.17) is 10.5 Å². The fourth-order valence-electron chi connectivity index (χ4n) is 3.40. The highest BCUT2D eigenvalue weighted by Gasteiger charge is 2.32. The summed E-state index contributed by atoms with van der Waals surface area (Å²) >= 11 is 0. The van der Waals surface area contributed by atoms with E-state index >= 15 is 0 Å². The molecule has 6 nitrogen and oxygen atoms in total. The molecule has 0 unspecified atom stereocenters. The van der Waals surface area contributed by atoms with Crippen LogP contribution in [0.1, 0.15) is 38.3 Å². The zero-order valence-electron chi connectivity index (χ0n) is 19.0. The molecule has 1 amide bonds. The number of benzene rings is 2. The molecular formula is C25H37N3O3. The number of rotatable bonds is 5. The van der Waals surface area contributed by atoms with Crippen molar-refractivity contribution < 1.29 is 14.6 Å². The minimum absolute atomic E-state index is 0.0708. The van der Waals surface area contributed by atoms with Crippen LogP contribution in [-0.4, -0.2) is 47.4 Å². The number of hydrogen-bond donors (Lipinski definition) is 3. The molecule has 0 aromatic heterocycles. The highest BCUT2D eigenvalue weighted by atomic mass is 16.6. The molecule has 0 saturated carbocycles. The first kappa shape index (κ1) is 24.9. The lowest BCUT2D eigenvalue weighted by Gasteiger charge is -2.38. The van der Waals surface area contributed by atoms with Gasteiger partial charge < -0.3 is 25.8 Å². The zero-order valence-corrected chi connectivity index (χ0v) is 19.0. The number of piperidine rings is 1. The van der Waals surface area contributed by atoms with Gasteiger partial charge in [0.2, 0.25) is 0 Å². The van der Waals surface area contributed by atoms with Crippen LogP contribution < -0.4 is 11.1 Å². The van der Waals surface area contributed by atoms with E-state index in [0.29, 0.717) is 19.6 Å². The van der Waals surface area contributed by atoms with Gasteiger partial charge in [0.25, 0.3) is 0 Å². The van der Waals surface area contributed by atoms with E-state index < -0.39 is 5.60 Å². The topological polar surface area (TPSA) is 87.8 Å². The van der Waals surface area contributed by atoms with Crippen molar-refractivity contribution in [1.29, 1.82) is 0 Å². The Hall–Kier alpha value is -2.41. The number of amides is 1. The summed E-state index contributed by atoms with van der Waals surface area (Å²) < 4.78 is 5.45. The third-order valence-electron chi connectivity index (χ3n) is 5.13. The minimum atomic E-state index is -0.488. The van der Waals surface area contributed by atoms with Crippen molar-refractivity contribution in [2.24, 2.45) is 11.7 Å². The Bertz CT molecular complexity index is 763. The molecule has 6 heteroatoms. The molecule has 31 heavy (non-hydrogen) atoms. The van der Waals surface area contributed by atoms with Crippen LogP contribution in [0.15, 0.2) is 60.7 Å². The van der Waals surface area contributed by atoms with E-state index in [1.165, 1.54) is 11.1 Å². The van der Waals surface area contributed by atoms with Crippen LogP contribution in [0.5, 0.6) is 0 Å². The molecule has 1 aliphatic heterocycles. The predicted octanol–water partition coefficient (Wildman–Crippen LogP) is 3.54. The summed E-state index contributed by atoms with van der Waals surface area (Å²) in [7, 11) is 0. The van der Waals surface area contributed by atoms with Crippen LogP contribution >= 0.6 is 0 Å². The Kier molecular flexibility index (Phi) is 9.98. The molecule has 170 valence electrons. The zero-order chi connectivity index (χ0) is 22.7. The first-order valence-corrected chi connectivity index (χ1v) is 10.9. The number of nitrogens with one attached hydrogen (secondary N) is 1. The van der Waals surface area contributed by atoms with Gasteiger partial charge in [0.15, 0.2) is 0 Å². The van der Waals surface area contributed by atoms with Gasteiger partial charge in [0.1, 0.15) is 5.60 Å². The normalized spacial score (nSPS) is 18.7. The number of nitrogens with zero attached hydrogens (tertiary/aromatic N) is 1. The van der Waals surface area contributed by atoms with Crippen LogP contribution in [0.2, 0.25) is 0 Å². The van der Waals surface area contributed by atoms with Crippen molar-refractivity contribution in [2.45, 2.75) is 51.9 Å². The standard InChI is InChI=1S/C18H28N2O3.C7H9N/c1-18(2,3)23-17(22)20-10-9-15(13-21)16(12-20)19-11-14-7-5-4-6-8-14;8-6-7-4-2-1-3-5-7/h4-8,15-16,19,21H,9-13H2,1-3H3;1-5H,6,8H2/t15-,16-;/m1./s1. The first-order chi connectivity index (χ1) is 14.8. The van der Waals surface area contributed by atoms with Crippen LogP contribution in [0.25, 0.3) is 0 Å². The van der Waals surface area contributed by atoms with Crippen molar-refractivity contribution in [3.63, 3.8) is 0 Å². The Balaban J connectivity index is 0.000000357. The van der Waals surface area contributed by atoms with E-state index in [-0.39, 0.29) is 24.7 Å². The maximum absolute atomic E-state index is 12.2. The van der Waals surface area contributed by atoms with Crippen LogP contribution in [0, 0.1) is 5.92 Å². The lowest BCUT2D eigenvalue weighted by Crippen LogP contribution is -2.54. The molecule has 1 aliphatic rings. The van der Waals surface area contributed by atoms with Crippen molar-refractivity contribution in [3.8, 4) is 0 Å². The van der Waals surface area contributed by atoms with E-state index in [1.54, 1.807) is 4.90 Å². The SMILES string of the molecule is CC(C)(C)OC(=O)N1CC[C@H](CO)[C@H](NCc2ccccc2)C1.NCc1ccccc1. The van der Waals surface area contributed by atoms with Gasteiger partial charge >= 0.3 is 6.09 Å². The molecule has 0 radical (unpaired) electrons. The number of ether oxygens (including phenoxy) is 1. The quantitative estimate of drug-likeness (QED) is 0.679. The number of aliphatic hydroxyl groups is 1. The van der Waals surface area contributed by atoms with Gasteiger partial charge in [-0.15, -0.1) is 0 Å². The molecule has 4 N–H and O–H groups in total. The van der Waals surface area contributed by atoms with Gasteiger partial charge in [-0.25, -0.2) is 4.79 Å². The maximum Gasteiger partial charge on any atom is 0.410 e. The number of carbonyl (C=O) groups is 1. The average Bonchev–Trinajstić information content (AvgIpc) is 2.78. The lowest BCUT2D eigenvalue weighted by atomic mass is 9.92. The highest BCUT2D eigenvalue weighted by molar-refractivity contribution is 5.68. The fourth-order valence-corrected chi connectivity index (χ4v) is 3.40. The summed E-state index contributed by atoms with van der Waals surface area (Å²) in [4.78, 5) is 14.0. The largest absolute Gasteiger partial charge is 0.444 e. The molecule has 0 aliphatic carbocycles. The monoisotopic (exact) mass is 427 g/mol. The lowest BCUT2D eigenvalue weighted by molar-refractivity contribution is 0.00986. The van der Waals surface area contributed by atoms with Gasteiger partial charge in [-0.1, -0.05) is 60.7 Å². The van der Waals surface area contributed by atoms with Gasteiger partial charge in [0.05, 0.1) is 0 Å². The third kappa shape index (κ3) is 9.09. The molecule has 1 fully saturated rings. The second-order valence-corrected chi connectivity index (χ2v) is 8.82. The number of carbonyl (C=O) groups excluding carboxylic acids is 1. The van der Waals surface area contributed by atoms with Crippen LogP contribution in [0.3, 0.4) is 0 Å². The molecule has 0 bridgehead atoms. The molecule has 1 saturated heterocycles. The summed E-state index contributed by atoms with van der Waals surface area (Å²) in [5.41, 5.74) is 7.24. The van der Waals surface area contributed by atoms with E-state index in [9.17, 15) is 9.90 Å². The van der Waals surface area contributed by atoms with E-state index in [0.717, 1.165) is 13.0 Å². The minimum Gasteiger partial charge on any atom is -0.444 e. The molecule has 0 spiro atoms. The molecule has 1 heterocycles. The van der Waals surface area contributed by atoms with E-state index in [2.05, 4.69) is 17.4 Å². The van der Waals surface area contributed by atoms with Crippen molar-refractivity contribution >= 4 is 6.09 Å². The smallest absolute Gasteiger partial charge is 0.410 e. The molecule has 2 atom stereocenters. The average molecular weight is 428 g/mol. The van der Waals surface area contributed by atoms with Gasteiger partial charge in [-0.05, 0) is 38.3 Å². The Morgan fingerprint density at radius 3 is 2.16 bits per heavy atom. The summed E-state index contributed by atoms with van der Waals surface area (Å²) in [5.74, 6) is 0.164. The van der Waals surface area contributed by atoms with Crippen molar-refractivity contribution in [3.05, 3.63) is 71.8 Å².